The molecule has 3 heterocycles. The second kappa shape index (κ2) is 6.61. The standard InChI is InChI=1S/C20H22FN3O4/c1-11-3-4-13-17-14(19(26)15(20(27)28)10-24(11)17)9-16(21)18(13)23-7-5-22(6-8-23)12(2)25/h9-11H,3-8H2,1-2H3,(H,27,28). The van der Waals surface area contributed by atoms with Crippen molar-refractivity contribution in [3.63, 3.8) is 0 Å². The van der Waals surface area contributed by atoms with E-state index in [1.54, 1.807) is 9.47 Å². The van der Waals surface area contributed by atoms with Crippen molar-refractivity contribution in [1.29, 1.82) is 0 Å². The Hall–Kier alpha value is -2.90. The molecule has 1 fully saturated rings. The minimum Gasteiger partial charge on any atom is -0.477 e. The number of benzene rings is 1. The maximum Gasteiger partial charge on any atom is 0.341 e. The van der Waals surface area contributed by atoms with E-state index in [1.807, 2.05) is 11.8 Å². The number of pyridine rings is 1. The molecule has 0 aliphatic carbocycles. The fourth-order valence-electron chi connectivity index (χ4n) is 4.37. The van der Waals surface area contributed by atoms with E-state index in [1.165, 1.54) is 19.2 Å². The van der Waals surface area contributed by atoms with Crippen LogP contribution in [0, 0.1) is 5.82 Å². The first-order chi connectivity index (χ1) is 13.3. The number of carboxylic acids is 1. The number of amides is 1. The fourth-order valence-corrected chi connectivity index (χ4v) is 4.37. The summed E-state index contributed by atoms with van der Waals surface area (Å²) in [6.45, 7) is 5.56. The van der Waals surface area contributed by atoms with Gasteiger partial charge in [-0.2, -0.15) is 0 Å². The number of hydrogen-bond acceptors (Lipinski definition) is 4. The van der Waals surface area contributed by atoms with Crippen LogP contribution in [0.15, 0.2) is 17.1 Å². The number of aromatic carboxylic acids is 1. The highest BCUT2D eigenvalue weighted by atomic mass is 19.1. The number of aromatic nitrogens is 1. The molecule has 0 radical (unpaired) electrons. The van der Waals surface area contributed by atoms with Crippen LogP contribution in [-0.2, 0) is 11.2 Å². The van der Waals surface area contributed by atoms with E-state index in [0.29, 0.717) is 43.8 Å². The SMILES string of the molecule is CC(=O)N1CCN(c2c(F)cc3c(=O)c(C(=O)O)cn4c3c2CCC4C)CC1. The lowest BCUT2D eigenvalue weighted by Crippen LogP contribution is -2.48. The van der Waals surface area contributed by atoms with E-state index in [2.05, 4.69) is 0 Å². The highest BCUT2D eigenvalue weighted by Gasteiger charge is 2.30. The zero-order chi connectivity index (χ0) is 20.2. The Morgan fingerprint density at radius 1 is 1.21 bits per heavy atom. The predicted octanol–water partition coefficient (Wildman–Crippen LogP) is 2.01. The third-order valence-electron chi connectivity index (χ3n) is 5.90. The average Bonchev–Trinajstić information content (AvgIpc) is 2.65. The summed E-state index contributed by atoms with van der Waals surface area (Å²) in [4.78, 5) is 39.4. The van der Waals surface area contributed by atoms with Crippen molar-refractivity contribution in [2.45, 2.75) is 32.7 Å². The first-order valence-electron chi connectivity index (χ1n) is 9.43. The van der Waals surface area contributed by atoms with Gasteiger partial charge < -0.3 is 19.5 Å². The number of carboxylic acid groups (broad SMARTS) is 1. The van der Waals surface area contributed by atoms with E-state index in [4.69, 9.17) is 0 Å². The molecule has 2 aliphatic rings. The molecule has 0 bridgehead atoms. The Balaban J connectivity index is 1.90. The molecule has 0 spiro atoms. The highest BCUT2D eigenvalue weighted by molar-refractivity contribution is 5.95. The quantitative estimate of drug-likeness (QED) is 0.852. The van der Waals surface area contributed by atoms with Gasteiger partial charge in [0.1, 0.15) is 11.4 Å². The molecular weight excluding hydrogens is 365 g/mol. The Labute approximate surface area is 161 Å². The molecule has 7 nitrogen and oxygen atoms in total. The van der Waals surface area contributed by atoms with Crippen LogP contribution >= 0.6 is 0 Å². The Morgan fingerprint density at radius 3 is 2.50 bits per heavy atom. The Bertz CT molecular complexity index is 1050. The van der Waals surface area contributed by atoms with Crippen molar-refractivity contribution in [2.24, 2.45) is 0 Å². The minimum absolute atomic E-state index is 0.00355. The van der Waals surface area contributed by atoms with Crippen molar-refractivity contribution in [3.8, 4) is 0 Å². The number of hydrogen-bond donors (Lipinski definition) is 1. The first-order valence-corrected chi connectivity index (χ1v) is 9.43. The van der Waals surface area contributed by atoms with E-state index >= 15 is 4.39 Å². The Kier molecular flexibility index (Phi) is 4.36. The summed E-state index contributed by atoms with van der Waals surface area (Å²) in [5, 5.41) is 9.48. The lowest BCUT2D eigenvalue weighted by Gasteiger charge is -2.38. The van der Waals surface area contributed by atoms with Gasteiger partial charge in [0.25, 0.3) is 0 Å². The van der Waals surface area contributed by atoms with E-state index in [-0.39, 0.29) is 22.9 Å². The first kappa shape index (κ1) is 18.5. The van der Waals surface area contributed by atoms with Crippen LogP contribution in [-0.4, -0.2) is 52.6 Å². The van der Waals surface area contributed by atoms with Gasteiger partial charge in [-0.3, -0.25) is 9.59 Å². The molecular formula is C20H22FN3O4. The van der Waals surface area contributed by atoms with Crippen molar-refractivity contribution < 1.29 is 19.1 Å². The lowest BCUT2D eigenvalue weighted by molar-refractivity contribution is -0.129. The molecule has 1 aromatic carbocycles. The van der Waals surface area contributed by atoms with Gasteiger partial charge in [-0.15, -0.1) is 0 Å². The Morgan fingerprint density at radius 2 is 1.89 bits per heavy atom. The number of nitrogens with zero attached hydrogens (tertiary/aromatic N) is 3. The summed E-state index contributed by atoms with van der Waals surface area (Å²) in [5.74, 6) is -1.82. The second-order valence-corrected chi connectivity index (χ2v) is 7.55. The minimum atomic E-state index is -1.31. The molecule has 148 valence electrons. The average molecular weight is 387 g/mol. The van der Waals surface area contributed by atoms with Crippen LogP contribution in [0.1, 0.15) is 42.2 Å². The topological polar surface area (TPSA) is 82.8 Å². The maximum atomic E-state index is 15.2. The molecule has 1 aromatic heterocycles. The lowest BCUT2D eigenvalue weighted by atomic mass is 9.93. The molecule has 1 amide bonds. The molecule has 0 saturated carbocycles. The normalized spacial score (nSPS) is 19.2. The van der Waals surface area contributed by atoms with Crippen LogP contribution in [0.4, 0.5) is 10.1 Å². The highest BCUT2D eigenvalue weighted by Crippen LogP contribution is 2.38. The fraction of sp³-hybridized carbons (Fsp3) is 0.450. The predicted molar refractivity (Wildman–Crippen MR) is 103 cm³/mol. The number of rotatable bonds is 2. The monoisotopic (exact) mass is 387 g/mol. The van der Waals surface area contributed by atoms with Gasteiger partial charge in [-0.1, -0.05) is 0 Å². The van der Waals surface area contributed by atoms with Crippen LogP contribution in [0.5, 0.6) is 0 Å². The summed E-state index contributed by atoms with van der Waals surface area (Å²) in [5.41, 5.74) is 0.853. The molecule has 1 saturated heterocycles. The van der Waals surface area contributed by atoms with Gasteiger partial charge in [0, 0.05) is 56.3 Å². The van der Waals surface area contributed by atoms with E-state index in [9.17, 15) is 19.5 Å². The van der Waals surface area contributed by atoms with Crippen LogP contribution in [0.2, 0.25) is 0 Å². The van der Waals surface area contributed by atoms with Crippen molar-refractivity contribution in [2.75, 3.05) is 31.1 Å². The van der Waals surface area contributed by atoms with Gasteiger partial charge in [-0.05, 0) is 25.8 Å². The third kappa shape index (κ3) is 2.75. The summed E-state index contributed by atoms with van der Waals surface area (Å²) in [6, 6.07) is 1.19. The van der Waals surface area contributed by atoms with Crippen LogP contribution in [0.3, 0.4) is 0 Å². The summed E-state index contributed by atoms with van der Waals surface area (Å²) in [7, 11) is 0. The van der Waals surface area contributed by atoms with Gasteiger partial charge in [0.2, 0.25) is 11.3 Å². The molecule has 1 atom stereocenters. The molecule has 28 heavy (non-hydrogen) atoms. The number of anilines is 1. The van der Waals surface area contributed by atoms with Gasteiger partial charge in [0.05, 0.1) is 11.2 Å². The second-order valence-electron chi connectivity index (χ2n) is 7.55. The summed E-state index contributed by atoms with van der Waals surface area (Å²) >= 11 is 0. The number of carbonyl (C=O) groups excluding carboxylic acids is 1. The van der Waals surface area contributed by atoms with Crippen LogP contribution in [0.25, 0.3) is 10.9 Å². The third-order valence-corrected chi connectivity index (χ3v) is 5.90. The number of carbonyl (C=O) groups is 2. The van der Waals surface area contributed by atoms with Gasteiger partial charge in [0.15, 0.2) is 0 Å². The molecule has 2 aromatic rings. The van der Waals surface area contributed by atoms with Gasteiger partial charge >= 0.3 is 5.97 Å². The number of piperazine rings is 1. The zero-order valence-corrected chi connectivity index (χ0v) is 15.9. The smallest absolute Gasteiger partial charge is 0.341 e. The van der Waals surface area contributed by atoms with Crippen molar-refractivity contribution in [3.05, 3.63) is 39.4 Å². The molecule has 2 aliphatic heterocycles. The van der Waals surface area contributed by atoms with E-state index in [0.717, 1.165) is 12.0 Å². The van der Waals surface area contributed by atoms with E-state index < -0.39 is 17.2 Å². The van der Waals surface area contributed by atoms with Gasteiger partial charge in [-0.25, -0.2) is 9.18 Å². The largest absolute Gasteiger partial charge is 0.477 e. The number of aryl methyl sites for hydroxylation is 1. The van der Waals surface area contributed by atoms with Crippen LogP contribution < -0.4 is 10.3 Å². The molecule has 8 heteroatoms. The molecule has 4 rings (SSSR count). The van der Waals surface area contributed by atoms with Crippen molar-refractivity contribution in [1.82, 2.24) is 9.47 Å². The molecule has 1 unspecified atom stereocenters. The summed E-state index contributed by atoms with van der Waals surface area (Å²) in [6.07, 6.45) is 2.73. The maximum absolute atomic E-state index is 15.2. The zero-order valence-electron chi connectivity index (χ0n) is 15.9. The molecule has 1 N–H and O–H groups in total. The number of halogens is 1. The van der Waals surface area contributed by atoms with Crippen molar-refractivity contribution >= 4 is 28.5 Å². The summed E-state index contributed by atoms with van der Waals surface area (Å²) < 4.78 is 17.0.